The summed E-state index contributed by atoms with van der Waals surface area (Å²) < 4.78 is 16.5. The van der Waals surface area contributed by atoms with E-state index in [1.165, 1.54) is 20.1 Å². The van der Waals surface area contributed by atoms with E-state index < -0.39 is 5.79 Å². The smallest absolute Gasteiger partial charge is 0.305 e. The van der Waals surface area contributed by atoms with Gasteiger partial charge in [-0.05, 0) is 31.8 Å². The second kappa shape index (κ2) is 7.70. The molecule has 0 N–H and O–H groups in total. The molecule has 22 heavy (non-hydrogen) atoms. The number of ether oxygens (including phenoxy) is 3. The van der Waals surface area contributed by atoms with E-state index >= 15 is 0 Å². The van der Waals surface area contributed by atoms with Crippen LogP contribution in [0.5, 0.6) is 0 Å². The Balaban J connectivity index is 2.02. The first-order valence-corrected chi connectivity index (χ1v) is 7.76. The minimum atomic E-state index is -0.548. The van der Waals surface area contributed by atoms with Gasteiger partial charge in [0.1, 0.15) is 0 Å². The Bertz CT molecular complexity index is 460. The van der Waals surface area contributed by atoms with Crippen molar-refractivity contribution in [2.45, 2.75) is 38.4 Å². The molecule has 1 saturated heterocycles. The van der Waals surface area contributed by atoms with Crippen LogP contribution in [0.25, 0.3) is 0 Å². The van der Waals surface area contributed by atoms with Crippen LogP contribution >= 0.6 is 0 Å². The van der Waals surface area contributed by atoms with Crippen molar-refractivity contribution in [3.05, 3.63) is 24.3 Å². The van der Waals surface area contributed by atoms with Crippen molar-refractivity contribution in [1.82, 2.24) is 0 Å². The van der Waals surface area contributed by atoms with Crippen molar-refractivity contribution in [2.75, 3.05) is 20.3 Å². The van der Waals surface area contributed by atoms with Crippen LogP contribution in [0.3, 0.4) is 0 Å². The topological polar surface area (TPSA) is 61.8 Å². The van der Waals surface area contributed by atoms with Gasteiger partial charge in [0.2, 0.25) is 0 Å². The number of ketones is 1. The standard InChI is InChI=1S/C17H24O5/c1-13(18)6-4-3-5-7-15-14(12-16(19)20-2)8-9-17(15)21-10-11-22-17/h3-6,14-15H,7-12H2,1-2H3/b5-3+,6-4+/t14-,15-/m1/s1. The molecule has 2 fully saturated rings. The molecule has 1 aliphatic carbocycles. The highest BCUT2D eigenvalue weighted by Gasteiger charge is 2.52. The Kier molecular flexibility index (Phi) is 5.91. The molecule has 2 aliphatic rings. The quantitative estimate of drug-likeness (QED) is 0.428. The maximum Gasteiger partial charge on any atom is 0.305 e. The van der Waals surface area contributed by atoms with Crippen molar-refractivity contribution in [1.29, 1.82) is 0 Å². The van der Waals surface area contributed by atoms with Crippen LogP contribution in [-0.4, -0.2) is 37.9 Å². The molecule has 2 rings (SSSR count). The second-order valence-electron chi connectivity index (χ2n) is 5.83. The average molecular weight is 308 g/mol. The van der Waals surface area contributed by atoms with Gasteiger partial charge >= 0.3 is 5.97 Å². The summed E-state index contributed by atoms with van der Waals surface area (Å²) in [6, 6.07) is 0. The molecule has 2 atom stereocenters. The first-order valence-electron chi connectivity index (χ1n) is 7.76. The summed E-state index contributed by atoms with van der Waals surface area (Å²) in [4.78, 5) is 22.5. The highest BCUT2D eigenvalue weighted by molar-refractivity contribution is 5.87. The van der Waals surface area contributed by atoms with E-state index in [0.717, 1.165) is 19.3 Å². The van der Waals surface area contributed by atoms with Crippen LogP contribution in [0.1, 0.15) is 32.6 Å². The Morgan fingerprint density at radius 2 is 2.00 bits per heavy atom. The van der Waals surface area contributed by atoms with E-state index in [1.807, 2.05) is 12.2 Å². The van der Waals surface area contributed by atoms with Gasteiger partial charge < -0.3 is 14.2 Å². The largest absolute Gasteiger partial charge is 0.469 e. The lowest BCUT2D eigenvalue weighted by Gasteiger charge is -2.31. The van der Waals surface area contributed by atoms with Gasteiger partial charge in [0.05, 0.1) is 20.3 Å². The van der Waals surface area contributed by atoms with Crippen LogP contribution in [0.2, 0.25) is 0 Å². The maximum absolute atomic E-state index is 11.6. The van der Waals surface area contributed by atoms with Crippen molar-refractivity contribution < 1.29 is 23.8 Å². The summed E-state index contributed by atoms with van der Waals surface area (Å²) in [6.45, 7) is 2.73. The van der Waals surface area contributed by atoms with Crippen molar-refractivity contribution >= 4 is 11.8 Å². The summed E-state index contributed by atoms with van der Waals surface area (Å²) in [6.07, 6.45) is 9.99. The van der Waals surface area contributed by atoms with Gasteiger partial charge in [-0.15, -0.1) is 0 Å². The number of allylic oxidation sites excluding steroid dienone is 4. The van der Waals surface area contributed by atoms with Gasteiger partial charge in [0, 0.05) is 18.8 Å². The zero-order valence-corrected chi connectivity index (χ0v) is 13.2. The maximum atomic E-state index is 11.6. The fourth-order valence-corrected chi connectivity index (χ4v) is 3.37. The summed E-state index contributed by atoms with van der Waals surface area (Å²) in [5.41, 5.74) is 0. The van der Waals surface area contributed by atoms with Crippen LogP contribution < -0.4 is 0 Å². The number of carbonyl (C=O) groups is 2. The predicted octanol–water partition coefficient (Wildman–Crippen LogP) is 2.41. The Morgan fingerprint density at radius 1 is 1.27 bits per heavy atom. The van der Waals surface area contributed by atoms with E-state index in [1.54, 1.807) is 6.08 Å². The van der Waals surface area contributed by atoms with Crippen molar-refractivity contribution in [3.63, 3.8) is 0 Å². The van der Waals surface area contributed by atoms with Gasteiger partial charge in [-0.2, -0.15) is 0 Å². The normalized spacial score (nSPS) is 27.2. The number of hydrogen-bond donors (Lipinski definition) is 0. The minimum absolute atomic E-state index is 0.0213. The lowest BCUT2D eigenvalue weighted by Crippen LogP contribution is -2.37. The Hall–Kier alpha value is -1.46. The fourth-order valence-electron chi connectivity index (χ4n) is 3.37. The first kappa shape index (κ1) is 16.9. The molecule has 0 aromatic rings. The zero-order valence-electron chi connectivity index (χ0n) is 13.2. The van der Waals surface area contributed by atoms with E-state index in [2.05, 4.69) is 0 Å². The van der Waals surface area contributed by atoms with Crippen LogP contribution in [0.4, 0.5) is 0 Å². The number of carbonyl (C=O) groups excluding carboxylic acids is 2. The number of methoxy groups -OCH3 is 1. The molecule has 1 aliphatic heterocycles. The third-order valence-electron chi connectivity index (χ3n) is 4.40. The molecular weight excluding hydrogens is 284 g/mol. The van der Waals surface area contributed by atoms with Crippen LogP contribution in [-0.2, 0) is 23.8 Å². The van der Waals surface area contributed by atoms with Gasteiger partial charge in [-0.3, -0.25) is 9.59 Å². The molecule has 0 radical (unpaired) electrons. The molecule has 0 bridgehead atoms. The highest BCUT2D eigenvalue weighted by Crippen LogP contribution is 2.49. The summed E-state index contributed by atoms with van der Waals surface area (Å²) in [5, 5.41) is 0. The average Bonchev–Trinajstić information content (AvgIpc) is 3.08. The zero-order chi connectivity index (χ0) is 16.0. The van der Waals surface area contributed by atoms with E-state index in [9.17, 15) is 9.59 Å². The SMILES string of the molecule is COC(=O)C[C@H]1CCC2(OCCO2)[C@@H]1C/C=C/C=C/C(C)=O. The summed E-state index contributed by atoms with van der Waals surface area (Å²) in [5.74, 6) is -0.380. The van der Waals surface area contributed by atoms with Crippen molar-refractivity contribution in [3.8, 4) is 0 Å². The molecule has 0 unspecified atom stereocenters. The molecule has 0 aromatic carbocycles. The summed E-state index contributed by atoms with van der Waals surface area (Å²) in [7, 11) is 1.41. The number of hydrogen-bond acceptors (Lipinski definition) is 5. The predicted molar refractivity (Wildman–Crippen MR) is 81.1 cm³/mol. The molecule has 5 nitrogen and oxygen atoms in total. The first-order chi connectivity index (χ1) is 10.6. The molecule has 5 heteroatoms. The van der Waals surface area contributed by atoms with Gasteiger partial charge in [0.25, 0.3) is 0 Å². The van der Waals surface area contributed by atoms with Crippen molar-refractivity contribution in [2.24, 2.45) is 11.8 Å². The molecule has 1 saturated carbocycles. The Morgan fingerprint density at radius 3 is 2.64 bits per heavy atom. The molecule has 0 amide bonds. The molecule has 1 heterocycles. The lowest BCUT2D eigenvalue weighted by atomic mass is 9.87. The van der Waals surface area contributed by atoms with Crippen LogP contribution in [0, 0.1) is 11.8 Å². The van der Waals surface area contributed by atoms with E-state index in [4.69, 9.17) is 14.2 Å². The van der Waals surface area contributed by atoms with E-state index in [-0.39, 0.29) is 23.6 Å². The summed E-state index contributed by atoms with van der Waals surface area (Å²) >= 11 is 0. The molecular formula is C17H24O5. The minimum Gasteiger partial charge on any atom is -0.469 e. The molecule has 0 aromatic heterocycles. The third kappa shape index (κ3) is 4.05. The Labute approximate surface area is 131 Å². The van der Waals surface area contributed by atoms with Crippen LogP contribution in [0.15, 0.2) is 24.3 Å². The van der Waals surface area contributed by atoms with Gasteiger partial charge in [-0.25, -0.2) is 0 Å². The highest BCUT2D eigenvalue weighted by atomic mass is 16.7. The lowest BCUT2D eigenvalue weighted by molar-refractivity contribution is -0.186. The second-order valence-corrected chi connectivity index (χ2v) is 5.83. The number of rotatable bonds is 6. The van der Waals surface area contributed by atoms with E-state index in [0.29, 0.717) is 19.6 Å². The number of esters is 1. The van der Waals surface area contributed by atoms with Gasteiger partial charge in [-0.1, -0.05) is 18.2 Å². The van der Waals surface area contributed by atoms with Gasteiger partial charge in [0.15, 0.2) is 11.6 Å². The monoisotopic (exact) mass is 308 g/mol. The molecule has 1 spiro atoms. The molecule has 122 valence electrons. The fraction of sp³-hybridized carbons (Fsp3) is 0.647. The third-order valence-corrected chi connectivity index (χ3v) is 4.40.